The van der Waals surface area contributed by atoms with E-state index in [9.17, 15) is 0 Å². The van der Waals surface area contributed by atoms with E-state index in [1.165, 1.54) is 41.6 Å². The zero-order valence-corrected chi connectivity index (χ0v) is 15.1. The van der Waals surface area contributed by atoms with Crippen molar-refractivity contribution in [1.29, 1.82) is 0 Å². The van der Waals surface area contributed by atoms with Gasteiger partial charge in [0, 0.05) is 23.4 Å². The summed E-state index contributed by atoms with van der Waals surface area (Å²) >= 11 is 3.58. The molecule has 1 aliphatic rings. The monoisotopic (exact) mass is 344 g/mol. The number of thioether (sulfide) groups is 1. The highest BCUT2D eigenvalue weighted by atomic mass is 32.2. The molecule has 4 heterocycles. The SMILES string of the molecule is Cc1cc(C)c2c(n1)sc1c(SCCN3CCCC3)ncnc12. The highest BCUT2D eigenvalue weighted by Crippen LogP contribution is 2.37. The third kappa shape index (κ3) is 2.95. The maximum atomic E-state index is 4.69. The first-order valence-corrected chi connectivity index (χ1v) is 9.89. The van der Waals surface area contributed by atoms with Crippen molar-refractivity contribution in [2.45, 2.75) is 31.7 Å². The summed E-state index contributed by atoms with van der Waals surface area (Å²) in [6, 6.07) is 2.14. The standard InChI is InChI=1S/C17H20N4S2/c1-11-9-12(2)20-16-13(11)14-15(23-16)17(19-10-18-14)22-8-7-21-5-3-4-6-21/h9-10H,3-8H2,1-2H3. The minimum absolute atomic E-state index is 1.06. The molecule has 0 bridgehead atoms. The molecule has 0 saturated carbocycles. The van der Waals surface area contributed by atoms with Gasteiger partial charge in [0.1, 0.15) is 16.2 Å². The van der Waals surface area contributed by atoms with Crippen LogP contribution in [0.5, 0.6) is 0 Å². The van der Waals surface area contributed by atoms with Gasteiger partial charge in [-0.25, -0.2) is 15.0 Å². The van der Waals surface area contributed by atoms with Gasteiger partial charge in [-0.15, -0.1) is 23.1 Å². The Kier molecular flexibility index (Phi) is 4.22. The van der Waals surface area contributed by atoms with E-state index in [-0.39, 0.29) is 0 Å². The van der Waals surface area contributed by atoms with Crippen molar-refractivity contribution >= 4 is 43.5 Å². The van der Waals surface area contributed by atoms with Crippen molar-refractivity contribution in [3.63, 3.8) is 0 Å². The molecule has 6 heteroatoms. The molecule has 1 aliphatic heterocycles. The van der Waals surface area contributed by atoms with Crippen LogP contribution < -0.4 is 0 Å². The first kappa shape index (κ1) is 15.3. The van der Waals surface area contributed by atoms with E-state index in [2.05, 4.69) is 27.9 Å². The maximum absolute atomic E-state index is 4.69. The lowest BCUT2D eigenvalue weighted by molar-refractivity contribution is 0.362. The molecule has 120 valence electrons. The molecule has 0 spiro atoms. The fourth-order valence-corrected chi connectivity index (χ4v) is 5.60. The number of hydrogen-bond donors (Lipinski definition) is 0. The van der Waals surface area contributed by atoms with Gasteiger partial charge in [-0.3, -0.25) is 0 Å². The van der Waals surface area contributed by atoms with Crippen LogP contribution in [0.25, 0.3) is 20.4 Å². The number of likely N-dealkylation sites (tertiary alicyclic amines) is 1. The summed E-state index contributed by atoms with van der Waals surface area (Å²) in [6.07, 6.45) is 4.40. The third-order valence-corrected chi connectivity index (χ3v) is 6.54. The number of hydrogen-bond acceptors (Lipinski definition) is 6. The van der Waals surface area contributed by atoms with Crippen LogP contribution in [-0.2, 0) is 0 Å². The highest BCUT2D eigenvalue weighted by molar-refractivity contribution is 7.99. The van der Waals surface area contributed by atoms with Gasteiger partial charge in [0.25, 0.3) is 0 Å². The van der Waals surface area contributed by atoms with Gasteiger partial charge in [-0.2, -0.15) is 0 Å². The lowest BCUT2D eigenvalue weighted by Gasteiger charge is -2.13. The molecular formula is C17H20N4S2. The Labute approximate surface area is 144 Å². The smallest absolute Gasteiger partial charge is 0.126 e. The first-order chi connectivity index (χ1) is 11.2. The second kappa shape index (κ2) is 6.34. The summed E-state index contributed by atoms with van der Waals surface area (Å²) in [6.45, 7) is 7.85. The van der Waals surface area contributed by atoms with E-state index >= 15 is 0 Å². The van der Waals surface area contributed by atoms with Crippen LogP contribution in [0.3, 0.4) is 0 Å². The van der Waals surface area contributed by atoms with Crippen LogP contribution in [0, 0.1) is 13.8 Å². The van der Waals surface area contributed by atoms with E-state index in [1.807, 2.05) is 18.7 Å². The summed E-state index contributed by atoms with van der Waals surface area (Å²) in [5.41, 5.74) is 3.39. The van der Waals surface area contributed by atoms with Gasteiger partial charge in [0.05, 0.1) is 10.2 Å². The van der Waals surface area contributed by atoms with Crippen molar-refractivity contribution in [2.24, 2.45) is 0 Å². The Morgan fingerprint density at radius 3 is 2.87 bits per heavy atom. The summed E-state index contributed by atoms with van der Waals surface area (Å²) in [5, 5.41) is 2.30. The lowest BCUT2D eigenvalue weighted by atomic mass is 10.1. The Morgan fingerprint density at radius 1 is 1.22 bits per heavy atom. The molecule has 3 aromatic rings. The van der Waals surface area contributed by atoms with Crippen molar-refractivity contribution in [3.8, 4) is 0 Å². The number of fused-ring (bicyclic) bond motifs is 3. The molecule has 3 aromatic heterocycles. The number of aromatic nitrogens is 3. The molecule has 0 atom stereocenters. The minimum atomic E-state index is 1.06. The van der Waals surface area contributed by atoms with Crippen LogP contribution in [0.4, 0.5) is 0 Å². The summed E-state index contributed by atoms with van der Waals surface area (Å²) in [5.74, 6) is 1.09. The van der Waals surface area contributed by atoms with E-state index in [1.54, 1.807) is 17.7 Å². The number of nitrogens with zero attached hydrogens (tertiary/aromatic N) is 4. The Hall–Kier alpha value is -1.24. The molecule has 1 fully saturated rings. The number of pyridine rings is 1. The van der Waals surface area contributed by atoms with Crippen molar-refractivity contribution in [1.82, 2.24) is 19.9 Å². The van der Waals surface area contributed by atoms with Crippen LogP contribution in [0.2, 0.25) is 0 Å². The largest absolute Gasteiger partial charge is 0.303 e. The molecule has 0 aromatic carbocycles. The average molecular weight is 345 g/mol. The van der Waals surface area contributed by atoms with E-state index in [4.69, 9.17) is 4.98 Å². The Bertz CT molecular complexity index is 853. The molecule has 0 radical (unpaired) electrons. The Morgan fingerprint density at radius 2 is 2.04 bits per heavy atom. The molecule has 1 saturated heterocycles. The number of rotatable bonds is 4. The van der Waals surface area contributed by atoms with Gasteiger partial charge in [-0.1, -0.05) is 0 Å². The van der Waals surface area contributed by atoms with Crippen LogP contribution in [0.1, 0.15) is 24.1 Å². The van der Waals surface area contributed by atoms with Crippen molar-refractivity contribution < 1.29 is 0 Å². The number of aryl methyl sites for hydroxylation is 2. The molecule has 0 unspecified atom stereocenters. The lowest BCUT2D eigenvalue weighted by Crippen LogP contribution is -2.21. The van der Waals surface area contributed by atoms with Crippen LogP contribution in [-0.4, -0.2) is 45.2 Å². The van der Waals surface area contributed by atoms with E-state index in [0.717, 1.165) is 33.4 Å². The van der Waals surface area contributed by atoms with E-state index in [0.29, 0.717) is 0 Å². The fraction of sp³-hybridized carbons (Fsp3) is 0.471. The zero-order valence-electron chi connectivity index (χ0n) is 13.5. The summed E-state index contributed by atoms with van der Waals surface area (Å²) in [7, 11) is 0. The molecule has 4 nitrogen and oxygen atoms in total. The zero-order chi connectivity index (χ0) is 15.8. The third-order valence-electron chi connectivity index (χ3n) is 4.36. The van der Waals surface area contributed by atoms with Gasteiger partial charge >= 0.3 is 0 Å². The molecule has 0 N–H and O–H groups in total. The van der Waals surface area contributed by atoms with Gasteiger partial charge in [0.2, 0.25) is 0 Å². The predicted octanol–water partition coefficient (Wildman–Crippen LogP) is 4.04. The first-order valence-electron chi connectivity index (χ1n) is 8.09. The van der Waals surface area contributed by atoms with Gasteiger partial charge < -0.3 is 4.90 Å². The van der Waals surface area contributed by atoms with Crippen LogP contribution >= 0.6 is 23.1 Å². The van der Waals surface area contributed by atoms with Crippen molar-refractivity contribution in [2.75, 3.05) is 25.4 Å². The summed E-state index contributed by atoms with van der Waals surface area (Å²) < 4.78 is 1.19. The molecule has 0 amide bonds. The second-order valence-electron chi connectivity index (χ2n) is 6.12. The maximum Gasteiger partial charge on any atom is 0.126 e. The summed E-state index contributed by atoms with van der Waals surface area (Å²) in [4.78, 5) is 17.4. The van der Waals surface area contributed by atoms with Gasteiger partial charge in [0.15, 0.2) is 0 Å². The fourth-order valence-electron chi connectivity index (χ4n) is 3.27. The minimum Gasteiger partial charge on any atom is -0.303 e. The average Bonchev–Trinajstić information content (AvgIpc) is 3.14. The number of thiophene rings is 1. The molecule has 23 heavy (non-hydrogen) atoms. The second-order valence-corrected chi connectivity index (χ2v) is 8.20. The quantitative estimate of drug-likeness (QED) is 0.528. The molecule has 0 aliphatic carbocycles. The van der Waals surface area contributed by atoms with Gasteiger partial charge in [-0.05, 0) is 51.4 Å². The Balaban J connectivity index is 1.65. The normalized spacial score (nSPS) is 15.9. The molecular weight excluding hydrogens is 324 g/mol. The predicted molar refractivity (Wildman–Crippen MR) is 98.6 cm³/mol. The topological polar surface area (TPSA) is 41.9 Å². The van der Waals surface area contributed by atoms with E-state index < -0.39 is 0 Å². The molecule has 4 rings (SSSR count). The van der Waals surface area contributed by atoms with Crippen LogP contribution in [0.15, 0.2) is 17.4 Å². The highest BCUT2D eigenvalue weighted by Gasteiger charge is 2.16. The van der Waals surface area contributed by atoms with Crippen molar-refractivity contribution in [3.05, 3.63) is 23.7 Å².